The second-order valence-electron chi connectivity index (χ2n) is 6.07. The Bertz CT molecular complexity index is 891. The normalized spacial score (nSPS) is 19.9. The molecular weight excluding hydrogens is 335 g/mol. The maximum absolute atomic E-state index is 13.4. The van der Waals surface area contributed by atoms with E-state index in [-0.39, 0.29) is 17.9 Å². The molecule has 4 rings (SSSR count). The van der Waals surface area contributed by atoms with Crippen molar-refractivity contribution in [1.82, 2.24) is 15.3 Å². The number of thiocarbonyl (C=S) groups is 1. The number of rotatable bonds is 3. The SMILES string of the molecule is Cc1ccc([C@@H]2[C@@H](c3ccccn3)NC(=S)N2c2ccc(F)cc2)[nH]1. The van der Waals surface area contributed by atoms with Gasteiger partial charge < -0.3 is 15.2 Å². The molecule has 0 saturated carbocycles. The van der Waals surface area contributed by atoms with Crippen molar-refractivity contribution in [3.63, 3.8) is 0 Å². The lowest BCUT2D eigenvalue weighted by molar-refractivity contribution is 0.557. The van der Waals surface area contributed by atoms with Crippen LogP contribution in [0.5, 0.6) is 0 Å². The summed E-state index contributed by atoms with van der Waals surface area (Å²) in [6.45, 7) is 2.02. The number of hydrogen-bond acceptors (Lipinski definition) is 2. The molecule has 6 heteroatoms. The molecule has 3 aromatic rings. The molecule has 1 aliphatic rings. The molecule has 0 unspecified atom stereocenters. The summed E-state index contributed by atoms with van der Waals surface area (Å²) in [5.74, 6) is -0.268. The van der Waals surface area contributed by atoms with Gasteiger partial charge in [-0.05, 0) is 67.7 Å². The third-order valence-corrected chi connectivity index (χ3v) is 4.69. The second kappa shape index (κ2) is 6.29. The topological polar surface area (TPSA) is 44.0 Å². The van der Waals surface area contributed by atoms with Crippen molar-refractivity contribution in [1.29, 1.82) is 0 Å². The first-order chi connectivity index (χ1) is 12.1. The van der Waals surface area contributed by atoms with Crippen molar-refractivity contribution in [2.75, 3.05) is 4.90 Å². The number of halogens is 1. The Hall–Kier alpha value is -2.73. The maximum Gasteiger partial charge on any atom is 0.174 e. The van der Waals surface area contributed by atoms with Gasteiger partial charge in [0.25, 0.3) is 0 Å². The van der Waals surface area contributed by atoms with Crippen molar-refractivity contribution >= 4 is 23.0 Å². The van der Waals surface area contributed by atoms with E-state index in [1.165, 1.54) is 12.1 Å². The van der Waals surface area contributed by atoms with Crippen LogP contribution in [0.1, 0.15) is 29.2 Å². The van der Waals surface area contributed by atoms with Gasteiger partial charge in [0, 0.05) is 23.3 Å². The summed E-state index contributed by atoms with van der Waals surface area (Å²) in [6.07, 6.45) is 1.78. The summed E-state index contributed by atoms with van der Waals surface area (Å²) in [7, 11) is 0. The fourth-order valence-electron chi connectivity index (χ4n) is 3.25. The van der Waals surface area contributed by atoms with Crippen LogP contribution in [0.2, 0.25) is 0 Å². The Morgan fingerprint density at radius 2 is 1.88 bits per heavy atom. The molecule has 1 aliphatic heterocycles. The van der Waals surface area contributed by atoms with E-state index in [1.54, 1.807) is 18.3 Å². The molecule has 1 saturated heterocycles. The molecule has 4 nitrogen and oxygen atoms in total. The van der Waals surface area contributed by atoms with Gasteiger partial charge in [-0.15, -0.1) is 0 Å². The number of aromatic nitrogens is 2. The Morgan fingerprint density at radius 1 is 1.08 bits per heavy atom. The van der Waals surface area contributed by atoms with Crippen molar-refractivity contribution in [2.45, 2.75) is 19.0 Å². The number of pyridine rings is 1. The zero-order valence-electron chi connectivity index (χ0n) is 13.6. The van der Waals surface area contributed by atoms with Gasteiger partial charge in [0.2, 0.25) is 0 Å². The Kier molecular flexibility index (Phi) is 3.97. The van der Waals surface area contributed by atoms with Crippen LogP contribution < -0.4 is 10.2 Å². The molecule has 3 heterocycles. The number of nitrogens with zero attached hydrogens (tertiary/aromatic N) is 2. The van der Waals surface area contributed by atoms with Gasteiger partial charge in [-0.3, -0.25) is 4.98 Å². The standard InChI is InChI=1S/C19H17FN4S/c1-12-5-10-16(22-12)18-17(15-4-2-3-11-21-15)23-19(25)24(18)14-8-6-13(20)7-9-14/h2-11,17-18,22H,1H3,(H,23,25)/t17-,18-/m1/s1. The number of aromatic amines is 1. The average molecular weight is 352 g/mol. The van der Waals surface area contributed by atoms with Gasteiger partial charge in [-0.2, -0.15) is 0 Å². The van der Waals surface area contributed by atoms with Gasteiger partial charge >= 0.3 is 0 Å². The first-order valence-electron chi connectivity index (χ1n) is 8.05. The number of benzene rings is 1. The summed E-state index contributed by atoms with van der Waals surface area (Å²) in [4.78, 5) is 9.92. The molecule has 126 valence electrons. The molecule has 0 spiro atoms. The monoisotopic (exact) mass is 352 g/mol. The summed E-state index contributed by atoms with van der Waals surface area (Å²) in [5, 5.41) is 3.97. The molecule has 25 heavy (non-hydrogen) atoms. The number of hydrogen-bond donors (Lipinski definition) is 2. The van der Waals surface area contributed by atoms with Gasteiger partial charge in [0.05, 0.1) is 11.7 Å². The van der Waals surface area contributed by atoms with E-state index in [9.17, 15) is 4.39 Å². The van der Waals surface area contributed by atoms with Gasteiger partial charge in [0.15, 0.2) is 5.11 Å². The summed E-state index contributed by atoms with van der Waals surface area (Å²) in [6, 6.07) is 16.1. The summed E-state index contributed by atoms with van der Waals surface area (Å²) >= 11 is 5.60. The van der Waals surface area contributed by atoms with Crippen molar-refractivity contribution in [3.05, 3.63) is 83.7 Å². The van der Waals surface area contributed by atoms with E-state index < -0.39 is 0 Å². The minimum absolute atomic E-state index is 0.0958. The van der Waals surface area contributed by atoms with Crippen LogP contribution in [-0.4, -0.2) is 15.1 Å². The quantitative estimate of drug-likeness (QED) is 0.699. The van der Waals surface area contributed by atoms with Crippen LogP contribution in [0.25, 0.3) is 0 Å². The van der Waals surface area contributed by atoms with Crippen LogP contribution in [0.4, 0.5) is 10.1 Å². The van der Waals surface area contributed by atoms with Crippen LogP contribution in [0.15, 0.2) is 60.8 Å². The number of H-pyrrole nitrogens is 1. The van der Waals surface area contributed by atoms with E-state index in [1.807, 2.05) is 36.1 Å². The highest BCUT2D eigenvalue weighted by Gasteiger charge is 2.41. The summed E-state index contributed by atoms with van der Waals surface area (Å²) < 4.78 is 13.4. The van der Waals surface area contributed by atoms with E-state index in [2.05, 4.69) is 21.4 Å². The summed E-state index contributed by atoms with van der Waals surface area (Å²) in [5.41, 5.74) is 3.86. The van der Waals surface area contributed by atoms with Gasteiger partial charge in [-0.25, -0.2) is 4.39 Å². The lowest BCUT2D eigenvalue weighted by Crippen LogP contribution is -2.29. The third kappa shape index (κ3) is 2.89. The lowest BCUT2D eigenvalue weighted by atomic mass is 10.0. The second-order valence-corrected chi connectivity index (χ2v) is 6.46. The van der Waals surface area contributed by atoms with Crippen molar-refractivity contribution in [2.24, 2.45) is 0 Å². The maximum atomic E-state index is 13.4. The van der Waals surface area contributed by atoms with Crippen LogP contribution in [0.3, 0.4) is 0 Å². The molecule has 2 atom stereocenters. The van der Waals surface area contributed by atoms with E-state index in [0.717, 1.165) is 22.8 Å². The molecule has 0 amide bonds. The highest BCUT2D eigenvalue weighted by Crippen LogP contribution is 2.40. The zero-order valence-corrected chi connectivity index (χ0v) is 14.4. The minimum Gasteiger partial charge on any atom is -0.361 e. The predicted molar refractivity (Wildman–Crippen MR) is 99.9 cm³/mol. The average Bonchev–Trinajstić information content (AvgIpc) is 3.20. The molecular formula is C19H17FN4S. The Balaban J connectivity index is 1.81. The van der Waals surface area contributed by atoms with Crippen LogP contribution in [-0.2, 0) is 0 Å². The smallest absolute Gasteiger partial charge is 0.174 e. The number of nitrogens with one attached hydrogen (secondary N) is 2. The lowest BCUT2D eigenvalue weighted by Gasteiger charge is -2.27. The molecule has 2 N–H and O–H groups in total. The zero-order chi connectivity index (χ0) is 17.4. The third-order valence-electron chi connectivity index (χ3n) is 4.38. The fourth-order valence-corrected chi connectivity index (χ4v) is 3.59. The molecule has 0 bridgehead atoms. The Morgan fingerprint density at radius 3 is 2.52 bits per heavy atom. The fraction of sp³-hybridized carbons (Fsp3) is 0.158. The molecule has 0 aliphatic carbocycles. The van der Waals surface area contributed by atoms with E-state index >= 15 is 0 Å². The molecule has 1 fully saturated rings. The van der Waals surface area contributed by atoms with Gasteiger partial charge in [0.1, 0.15) is 11.9 Å². The molecule has 2 aromatic heterocycles. The van der Waals surface area contributed by atoms with Crippen molar-refractivity contribution < 1.29 is 4.39 Å². The molecule has 0 radical (unpaired) electrons. The molecule has 1 aromatic carbocycles. The van der Waals surface area contributed by atoms with E-state index in [0.29, 0.717) is 5.11 Å². The number of anilines is 1. The largest absolute Gasteiger partial charge is 0.361 e. The number of aryl methyl sites for hydroxylation is 1. The predicted octanol–water partition coefficient (Wildman–Crippen LogP) is 4.03. The van der Waals surface area contributed by atoms with Crippen LogP contribution in [0, 0.1) is 12.7 Å². The van der Waals surface area contributed by atoms with Gasteiger partial charge in [-0.1, -0.05) is 6.07 Å². The first kappa shape index (κ1) is 15.8. The Labute approximate surface area is 150 Å². The highest BCUT2D eigenvalue weighted by molar-refractivity contribution is 7.80. The highest BCUT2D eigenvalue weighted by atomic mass is 32.1. The van der Waals surface area contributed by atoms with Crippen molar-refractivity contribution in [3.8, 4) is 0 Å². The first-order valence-corrected chi connectivity index (χ1v) is 8.46. The van der Waals surface area contributed by atoms with Crippen LogP contribution >= 0.6 is 12.2 Å². The van der Waals surface area contributed by atoms with E-state index in [4.69, 9.17) is 12.2 Å². The minimum atomic E-state index is -0.268.